The molecule has 2 N–H and O–H groups in total. The first-order valence-electron chi connectivity index (χ1n) is 6.17. The molecule has 2 unspecified atom stereocenters. The molecule has 0 saturated heterocycles. The number of ether oxygens (including phenoxy) is 2. The third-order valence-corrected chi connectivity index (χ3v) is 3.62. The van der Waals surface area contributed by atoms with Gasteiger partial charge >= 0.3 is 5.97 Å². The smallest absolute Gasteiger partial charge is 0.325 e. The van der Waals surface area contributed by atoms with E-state index in [0.29, 0.717) is 25.5 Å². The van der Waals surface area contributed by atoms with Gasteiger partial charge in [-0.3, -0.25) is 9.69 Å². The van der Waals surface area contributed by atoms with E-state index in [2.05, 4.69) is 11.8 Å². The van der Waals surface area contributed by atoms with Gasteiger partial charge in [0.2, 0.25) is 0 Å². The number of nitrogens with two attached hydrogens (primary N) is 1. The summed E-state index contributed by atoms with van der Waals surface area (Å²) in [7, 11) is 3.09. The summed E-state index contributed by atoms with van der Waals surface area (Å²) in [6, 6.07) is 0.360. The molecular formula is C12H24N2O3. The van der Waals surface area contributed by atoms with Crippen molar-refractivity contribution < 1.29 is 14.3 Å². The van der Waals surface area contributed by atoms with Crippen LogP contribution in [-0.2, 0) is 14.3 Å². The lowest BCUT2D eigenvalue weighted by molar-refractivity contribution is -0.147. The molecule has 0 aliphatic heterocycles. The first-order chi connectivity index (χ1) is 8.07. The molecule has 0 heterocycles. The number of hydrogen-bond acceptors (Lipinski definition) is 5. The molecule has 0 aromatic heterocycles. The molecule has 0 radical (unpaired) electrons. The van der Waals surface area contributed by atoms with Gasteiger partial charge in [0.25, 0.3) is 0 Å². The number of carbonyl (C=O) groups excluding carboxylic acids is 1. The molecule has 0 bridgehead atoms. The van der Waals surface area contributed by atoms with Crippen LogP contribution >= 0.6 is 0 Å². The minimum absolute atomic E-state index is 0.289. The third-order valence-electron chi connectivity index (χ3n) is 3.62. The quantitative estimate of drug-likeness (QED) is 0.684. The topological polar surface area (TPSA) is 64.8 Å². The molecule has 1 aliphatic carbocycles. The summed E-state index contributed by atoms with van der Waals surface area (Å²) < 4.78 is 9.86. The largest absolute Gasteiger partial charge is 0.468 e. The Morgan fingerprint density at radius 3 is 2.76 bits per heavy atom. The molecule has 5 nitrogen and oxygen atoms in total. The fourth-order valence-corrected chi connectivity index (χ4v) is 2.56. The predicted molar refractivity (Wildman–Crippen MR) is 65.7 cm³/mol. The number of methoxy groups -OCH3 is 2. The highest BCUT2D eigenvalue weighted by atomic mass is 16.5. The maximum atomic E-state index is 11.6. The fraction of sp³-hybridized carbons (Fsp3) is 0.917. The summed E-state index contributed by atoms with van der Waals surface area (Å²) in [5.41, 5.74) is 5.30. The highest BCUT2D eigenvalue weighted by Crippen LogP contribution is 2.32. The van der Waals surface area contributed by atoms with E-state index in [9.17, 15) is 4.79 Å². The zero-order chi connectivity index (χ0) is 12.9. The van der Waals surface area contributed by atoms with Crippen LogP contribution in [0.4, 0.5) is 0 Å². The average Bonchev–Trinajstić information content (AvgIpc) is 2.73. The standard InChI is InChI=1S/C12H24N2O3/c1-4-14(7-8-16-2)10-5-6-12(13,9-10)11(15)17-3/h10H,4-9,13H2,1-3H3. The van der Waals surface area contributed by atoms with E-state index in [1.165, 1.54) is 7.11 Å². The fourth-order valence-electron chi connectivity index (χ4n) is 2.56. The molecular weight excluding hydrogens is 220 g/mol. The molecule has 1 saturated carbocycles. The van der Waals surface area contributed by atoms with Gasteiger partial charge in [0.15, 0.2) is 0 Å². The van der Waals surface area contributed by atoms with Crippen LogP contribution in [-0.4, -0.2) is 56.4 Å². The Labute approximate surface area is 103 Å². The zero-order valence-electron chi connectivity index (χ0n) is 11.1. The number of rotatable bonds is 6. The maximum absolute atomic E-state index is 11.6. The second kappa shape index (κ2) is 6.33. The highest BCUT2D eigenvalue weighted by Gasteiger charge is 2.44. The first kappa shape index (κ1) is 14.4. The predicted octanol–water partition coefficient (Wildman–Crippen LogP) is 0.378. The van der Waals surface area contributed by atoms with Crippen LogP contribution in [0.3, 0.4) is 0 Å². The molecule has 0 spiro atoms. The monoisotopic (exact) mass is 244 g/mol. The summed E-state index contributed by atoms with van der Waals surface area (Å²) in [5, 5.41) is 0. The Kier molecular flexibility index (Phi) is 5.36. The molecule has 17 heavy (non-hydrogen) atoms. The van der Waals surface area contributed by atoms with Crippen molar-refractivity contribution >= 4 is 5.97 Å². The van der Waals surface area contributed by atoms with E-state index in [-0.39, 0.29) is 5.97 Å². The van der Waals surface area contributed by atoms with Gasteiger partial charge in [0, 0.05) is 19.7 Å². The Hall–Kier alpha value is -0.650. The van der Waals surface area contributed by atoms with Crippen molar-refractivity contribution in [3.63, 3.8) is 0 Å². The van der Waals surface area contributed by atoms with Gasteiger partial charge in [-0.2, -0.15) is 0 Å². The van der Waals surface area contributed by atoms with E-state index in [1.54, 1.807) is 7.11 Å². The van der Waals surface area contributed by atoms with Crippen molar-refractivity contribution in [1.82, 2.24) is 4.90 Å². The Morgan fingerprint density at radius 2 is 2.24 bits per heavy atom. The van der Waals surface area contributed by atoms with E-state index in [4.69, 9.17) is 15.2 Å². The van der Waals surface area contributed by atoms with Crippen molar-refractivity contribution in [3.05, 3.63) is 0 Å². The molecule has 100 valence electrons. The molecule has 2 atom stereocenters. The van der Waals surface area contributed by atoms with Gasteiger partial charge in [-0.1, -0.05) is 6.92 Å². The lowest BCUT2D eigenvalue weighted by Crippen LogP contribution is -2.48. The molecule has 1 rings (SSSR count). The molecule has 0 amide bonds. The van der Waals surface area contributed by atoms with Crippen LogP contribution in [0.5, 0.6) is 0 Å². The minimum atomic E-state index is -0.792. The Morgan fingerprint density at radius 1 is 1.53 bits per heavy atom. The van der Waals surface area contributed by atoms with E-state index in [1.807, 2.05) is 0 Å². The van der Waals surface area contributed by atoms with Crippen molar-refractivity contribution in [3.8, 4) is 0 Å². The summed E-state index contributed by atoms with van der Waals surface area (Å²) in [4.78, 5) is 13.9. The normalized spacial score (nSPS) is 28.6. The maximum Gasteiger partial charge on any atom is 0.325 e. The SMILES string of the molecule is CCN(CCOC)C1CCC(N)(C(=O)OC)C1. The summed E-state index contributed by atoms with van der Waals surface area (Å²) in [6.45, 7) is 4.66. The van der Waals surface area contributed by atoms with Crippen LogP contribution in [0.1, 0.15) is 26.2 Å². The summed E-state index contributed by atoms with van der Waals surface area (Å²) in [5.74, 6) is -0.289. The van der Waals surface area contributed by atoms with Crippen LogP contribution in [0.25, 0.3) is 0 Å². The molecule has 1 aliphatic rings. The first-order valence-corrected chi connectivity index (χ1v) is 6.17. The number of esters is 1. The van der Waals surface area contributed by atoms with Gasteiger partial charge in [0.1, 0.15) is 5.54 Å². The van der Waals surface area contributed by atoms with Crippen molar-refractivity contribution in [2.75, 3.05) is 33.9 Å². The van der Waals surface area contributed by atoms with E-state index < -0.39 is 5.54 Å². The van der Waals surface area contributed by atoms with E-state index >= 15 is 0 Å². The van der Waals surface area contributed by atoms with Gasteiger partial charge in [-0.05, 0) is 25.8 Å². The Balaban J connectivity index is 2.55. The lowest BCUT2D eigenvalue weighted by atomic mass is 9.99. The highest BCUT2D eigenvalue weighted by molar-refractivity contribution is 5.81. The van der Waals surface area contributed by atoms with Crippen LogP contribution in [0.2, 0.25) is 0 Å². The Bertz CT molecular complexity index is 260. The molecule has 0 aromatic rings. The van der Waals surface area contributed by atoms with Crippen LogP contribution in [0.15, 0.2) is 0 Å². The molecule has 5 heteroatoms. The van der Waals surface area contributed by atoms with Crippen LogP contribution < -0.4 is 5.73 Å². The van der Waals surface area contributed by atoms with Gasteiger partial charge < -0.3 is 15.2 Å². The number of hydrogen-bond donors (Lipinski definition) is 1. The second-order valence-corrected chi connectivity index (χ2v) is 4.67. The third kappa shape index (κ3) is 3.40. The average molecular weight is 244 g/mol. The van der Waals surface area contributed by atoms with Crippen molar-refractivity contribution in [2.45, 2.75) is 37.8 Å². The number of nitrogens with zero attached hydrogens (tertiary/aromatic N) is 1. The molecule has 1 fully saturated rings. The second-order valence-electron chi connectivity index (χ2n) is 4.67. The summed E-state index contributed by atoms with van der Waals surface area (Å²) >= 11 is 0. The lowest BCUT2D eigenvalue weighted by Gasteiger charge is -2.28. The summed E-state index contributed by atoms with van der Waals surface area (Å²) in [6.07, 6.45) is 2.33. The van der Waals surface area contributed by atoms with Crippen LogP contribution in [0, 0.1) is 0 Å². The molecule has 0 aromatic carbocycles. The van der Waals surface area contributed by atoms with Crippen molar-refractivity contribution in [1.29, 1.82) is 0 Å². The number of likely N-dealkylation sites (N-methyl/N-ethyl adjacent to an activating group) is 1. The van der Waals surface area contributed by atoms with Crippen molar-refractivity contribution in [2.24, 2.45) is 5.73 Å². The zero-order valence-corrected chi connectivity index (χ0v) is 11.1. The van der Waals surface area contributed by atoms with Gasteiger partial charge in [-0.25, -0.2) is 0 Å². The minimum Gasteiger partial charge on any atom is -0.468 e. The van der Waals surface area contributed by atoms with Gasteiger partial charge in [-0.15, -0.1) is 0 Å². The van der Waals surface area contributed by atoms with E-state index in [0.717, 1.165) is 19.5 Å². The van der Waals surface area contributed by atoms with Gasteiger partial charge in [0.05, 0.1) is 13.7 Å². The number of carbonyl (C=O) groups is 1.